The Morgan fingerprint density at radius 2 is 1.75 bits per heavy atom. The molecule has 8 heavy (non-hydrogen) atoms. The topological polar surface area (TPSA) is 83.5 Å². The van der Waals surface area contributed by atoms with Gasteiger partial charge in [0.15, 0.2) is 0 Å². The molecule has 0 atom stereocenters. The number of amides is 1. The monoisotopic (exact) mass is 121 g/mol. The summed E-state index contributed by atoms with van der Waals surface area (Å²) in [7, 11) is 0. The number of aliphatic hydroxyl groups is 2. The van der Waals surface area contributed by atoms with Crippen molar-refractivity contribution >= 4 is 5.91 Å². The van der Waals surface area contributed by atoms with E-state index in [0.29, 0.717) is 0 Å². The fraction of sp³-hybridized carbons (Fsp3) is 0.750. The highest BCUT2D eigenvalue weighted by Crippen LogP contribution is 1.42. The van der Waals surface area contributed by atoms with Crippen molar-refractivity contribution in [3.8, 4) is 0 Å². The van der Waals surface area contributed by atoms with Crippen LogP contribution >= 0.6 is 0 Å². The summed E-state index contributed by atoms with van der Waals surface area (Å²) in [5, 5.41) is 15.2. The van der Waals surface area contributed by atoms with E-state index in [9.17, 15) is 4.79 Å². The van der Waals surface area contributed by atoms with Crippen molar-refractivity contribution in [1.29, 1.82) is 0 Å². The Bertz CT molecular complexity index is 55.2. The van der Waals surface area contributed by atoms with Crippen LogP contribution in [0, 0.1) is 0 Å². The van der Waals surface area contributed by atoms with Crippen LogP contribution in [0.25, 0.3) is 0 Å². The van der Waals surface area contributed by atoms with Crippen molar-refractivity contribution in [3.63, 3.8) is 0 Å². The highest BCUT2D eigenvalue weighted by atomic mass is 16.3. The fourth-order valence-electron chi connectivity index (χ4n) is 0. The van der Waals surface area contributed by atoms with E-state index >= 15 is 0 Å². The molecule has 1 amide bonds. The van der Waals surface area contributed by atoms with Gasteiger partial charge in [0.2, 0.25) is 5.91 Å². The minimum Gasteiger partial charge on any atom is -0.397 e. The molecule has 0 bridgehead atoms. The molecular formula is C4H11NO3. The van der Waals surface area contributed by atoms with Gasteiger partial charge in [-0.1, -0.05) is 0 Å². The van der Waals surface area contributed by atoms with Crippen LogP contribution in [0.15, 0.2) is 0 Å². The van der Waals surface area contributed by atoms with Crippen molar-refractivity contribution in [2.45, 2.75) is 6.92 Å². The van der Waals surface area contributed by atoms with Gasteiger partial charge in [-0.25, -0.2) is 0 Å². The van der Waals surface area contributed by atoms with Gasteiger partial charge in [-0.2, -0.15) is 0 Å². The largest absolute Gasteiger partial charge is 0.397 e. The van der Waals surface area contributed by atoms with Crippen molar-refractivity contribution in [3.05, 3.63) is 0 Å². The Morgan fingerprint density at radius 3 is 1.75 bits per heavy atom. The van der Waals surface area contributed by atoms with E-state index in [2.05, 4.69) is 5.73 Å². The van der Waals surface area contributed by atoms with Crippen molar-refractivity contribution in [2.24, 2.45) is 5.73 Å². The summed E-state index contributed by atoms with van der Waals surface area (Å²) in [5.74, 6) is -0.690. The van der Waals surface area contributed by atoms with Crippen LogP contribution in [-0.2, 0) is 4.79 Å². The smallest absolute Gasteiger partial charge is 0.243 e. The lowest BCUT2D eigenvalue weighted by atomic mass is 10.7. The summed E-state index contributed by atoms with van der Waals surface area (Å²) in [6.07, 6.45) is 0. The fourth-order valence-corrected chi connectivity index (χ4v) is 0. The van der Waals surface area contributed by atoms with Crippen LogP contribution in [0.4, 0.5) is 0 Å². The number of carbonyl (C=O) groups is 1. The van der Waals surface area contributed by atoms with Crippen LogP contribution < -0.4 is 5.73 Å². The zero-order valence-electron chi connectivity index (χ0n) is 4.79. The van der Waals surface area contributed by atoms with Gasteiger partial charge < -0.3 is 15.9 Å². The normalized spacial score (nSPS) is 6.88. The first-order valence-electron chi connectivity index (χ1n) is 2.19. The number of nitrogens with two attached hydrogens (primary N) is 1. The Kier molecular flexibility index (Phi) is 12.5. The Balaban J connectivity index is 0. The quantitative estimate of drug-likeness (QED) is 0.393. The molecule has 0 fully saturated rings. The molecule has 0 aliphatic heterocycles. The summed E-state index contributed by atoms with van der Waals surface area (Å²) in [6.45, 7) is 1.38. The minimum absolute atomic E-state index is 0.250. The summed E-state index contributed by atoms with van der Waals surface area (Å²) in [5.41, 5.74) is 4.40. The molecule has 0 aliphatic rings. The van der Waals surface area contributed by atoms with E-state index in [1.807, 2.05) is 0 Å². The number of carbonyl (C=O) groups excluding carboxylic acids is 1. The minimum atomic E-state index is -0.690. The van der Waals surface area contributed by atoms with Gasteiger partial charge in [-0.05, 0) is 6.92 Å². The van der Waals surface area contributed by atoms with Gasteiger partial charge in [-0.15, -0.1) is 0 Å². The number of hydrogen-bond donors (Lipinski definition) is 3. The number of aliphatic hydroxyl groups excluding tert-OH is 2. The molecule has 0 aromatic heterocycles. The van der Waals surface area contributed by atoms with E-state index in [0.717, 1.165) is 0 Å². The molecule has 0 unspecified atom stereocenters. The molecule has 4 heteroatoms. The molecule has 0 aliphatic carbocycles. The first-order valence-corrected chi connectivity index (χ1v) is 2.19. The molecule has 0 saturated carbocycles. The highest BCUT2D eigenvalue weighted by Gasteiger charge is 1.78. The second-order valence-corrected chi connectivity index (χ2v) is 0.941. The van der Waals surface area contributed by atoms with Gasteiger partial charge in [0.05, 0.1) is 0 Å². The van der Waals surface area contributed by atoms with Gasteiger partial charge in [0, 0.05) is 6.61 Å². The lowest BCUT2D eigenvalue weighted by Crippen LogP contribution is -2.14. The van der Waals surface area contributed by atoms with Crippen LogP contribution in [-0.4, -0.2) is 29.3 Å². The van der Waals surface area contributed by atoms with Crippen LogP contribution in [0.2, 0.25) is 0 Å². The zero-order chi connectivity index (χ0) is 6.99. The molecule has 0 rings (SSSR count). The Hall–Kier alpha value is -0.610. The molecule has 0 heterocycles. The third-order valence-electron chi connectivity index (χ3n) is 0.156. The summed E-state index contributed by atoms with van der Waals surface area (Å²) < 4.78 is 0. The Morgan fingerprint density at radius 1 is 1.62 bits per heavy atom. The molecule has 0 aromatic carbocycles. The third kappa shape index (κ3) is 53.8. The molecule has 4 N–H and O–H groups in total. The summed E-state index contributed by atoms with van der Waals surface area (Å²) in [4.78, 5) is 9.34. The predicted octanol–water partition coefficient (Wildman–Crippen LogP) is -1.54. The SMILES string of the molecule is CCO.NC(=O)CO. The van der Waals surface area contributed by atoms with E-state index in [1.54, 1.807) is 6.92 Å². The standard InChI is InChI=1S/C2H5NO2.C2H6O/c3-2(5)1-4;1-2-3/h4H,1H2,(H2,3,5);3H,2H2,1H3. The van der Waals surface area contributed by atoms with Crippen molar-refractivity contribution < 1.29 is 15.0 Å². The van der Waals surface area contributed by atoms with Gasteiger partial charge in [0.25, 0.3) is 0 Å². The average Bonchev–Trinajstić information content (AvgIpc) is 1.69. The first-order chi connectivity index (χ1) is 3.68. The summed E-state index contributed by atoms with van der Waals surface area (Å²) in [6, 6.07) is 0. The Labute approximate surface area is 47.9 Å². The lowest BCUT2D eigenvalue weighted by Gasteiger charge is -1.73. The molecule has 0 saturated heterocycles. The van der Waals surface area contributed by atoms with Gasteiger partial charge >= 0.3 is 0 Å². The molecule has 4 nitrogen and oxygen atoms in total. The van der Waals surface area contributed by atoms with Crippen molar-refractivity contribution in [1.82, 2.24) is 0 Å². The number of rotatable bonds is 1. The highest BCUT2D eigenvalue weighted by molar-refractivity contribution is 5.74. The summed E-state index contributed by atoms with van der Waals surface area (Å²) >= 11 is 0. The molecule has 0 radical (unpaired) electrons. The third-order valence-corrected chi connectivity index (χ3v) is 0.156. The number of hydrogen-bond acceptors (Lipinski definition) is 3. The second-order valence-electron chi connectivity index (χ2n) is 0.941. The maximum absolute atomic E-state index is 9.34. The molecule has 50 valence electrons. The predicted molar refractivity (Wildman–Crippen MR) is 29.0 cm³/mol. The second kappa shape index (κ2) is 9.63. The lowest BCUT2D eigenvalue weighted by molar-refractivity contribution is -0.120. The molecular weight excluding hydrogens is 110 g/mol. The average molecular weight is 121 g/mol. The molecule has 0 aromatic rings. The zero-order valence-corrected chi connectivity index (χ0v) is 4.79. The van der Waals surface area contributed by atoms with Gasteiger partial charge in [-0.3, -0.25) is 4.79 Å². The van der Waals surface area contributed by atoms with E-state index in [-0.39, 0.29) is 6.61 Å². The maximum atomic E-state index is 9.34. The first kappa shape index (κ1) is 10.4. The van der Waals surface area contributed by atoms with Crippen LogP contribution in [0.1, 0.15) is 6.92 Å². The van der Waals surface area contributed by atoms with Crippen molar-refractivity contribution in [2.75, 3.05) is 13.2 Å². The molecule has 0 spiro atoms. The number of primary amides is 1. The van der Waals surface area contributed by atoms with Crippen LogP contribution in [0.3, 0.4) is 0 Å². The van der Waals surface area contributed by atoms with Gasteiger partial charge in [0.1, 0.15) is 6.61 Å². The van der Waals surface area contributed by atoms with E-state index in [1.165, 1.54) is 0 Å². The van der Waals surface area contributed by atoms with E-state index < -0.39 is 12.5 Å². The van der Waals surface area contributed by atoms with Crippen LogP contribution in [0.5, 0.6) is 0 Å². The van der Waals surface area contributed by atoms with E-state index in [4.69, 9.17) is 10.2 Å². The maximum Gasteiger partial charge on any atom is 0.243 e.